The molecule has 15 heavy (non-hydrogen) atoms. The van der Waals surface area contributed by atoms with Gasteiger partial charge < -0.3 is 10.4 Å². The lowest BCUT2D eigenvalue weighted by molar-refractivity contribution is -0.150. The SMILES string of the molecule is O=C(O)C1(Cc2nccs2)CCCNC1. The number of thiazole rings is 1. The van der Waals surface area contributed by atoms with Crippen molar-refractivity contribution < 1.29 is 9.90 Å². The fourth-order valence-electron chi connectivity index (χ4n) is 2.01. The second-order valence-electron chi connectivity index (χ2n) is 3.97. The third kappa shape index (κ3) is 2.18. The largest absolute Gasteiger partial charge is 0.481 e. The van der Waals surface area contributed by atoms with E-state index in [2.05, 4.69) is 10.3 Å². The standard InChI is InChI=1S/C10H14N2O2S/c13-9(14)10(2-1-3-11-7-10)6-8-12-4-5-15-8/h4-5,11H,1-3,6-7H2,(H,13,14). The Kier molecular flexibility index (Phi) is 3.02. The van der Waals surface area contributed by atoms with Crippen LogP contribution in [0.5, 0.6) is 0 Å². The lowest BCUT2D eigenvalue weighted by atomic mass is 9.78. The van der Waals surface area contributed by atoms with Gasteiger partial charge in [0.2, 0.25) is 0 Å². The molecule has 1 aromatic heterocycles. The van der Waals surface area contributed by atoms with Crippen LogP contribution in [-0.2, 0) is 11.2 Å². The van der Waals surface area contributed by atoms with Gasteiger partial charge >= 0.3 is 5.97 Å². The first-order valence-electron chi connectivity index (χ1n) is 5.05. The molecule has 2 heterocycles. The van der Waals surface area contributed by atoms with Crippen LogP contribution in [0.15, 0.2) is 11.6 Å². The van der Waals surface area contributed by atoms with Gasteiger partial charge in [0.15, 0.2) is 0 Å². The average molecular weight is 226 g/mol. The van der Waals surface area contributed by atoms with Crippen molar-refractivity contribution in [1.82, 2.24) is 10.3 Å². The molecule has 0 saturated carbocycles. The fraction of sp³-hybridized carbons (Fsp3) is 0.600. The maximum absolute atomic E-state index is 11.3. The van der Waals surface area contributed by atoms with Crippen molar-refractivity contribution in [1.29, 1.82) is 0 Å². The quantitative estimate of drug-likeness (QED) is 0.811. The molecule has 0 bridgehead atoms. The molecule has 1 aromatic rings. The molecule has 1 fully saturated rings. The molecule has 2 rings (SSSR count). The molecule has 0 radical (unpaired) electrons. The Labute approximate surface area is 92.3 Å². The lowest BCUT2D eigenvalue weighted by Gasteiger charge is -2.32. The van der Waals surface area contributed by atoms with E-state index < -0.39 is 11.4 Å². The average Bonchev–Trinajstić information content (AvgIpc) is 2.71. The molecule has 1 unspecified atom stereocenters. The Morgan fingerprint density at radius 1 is 1.73 bits per heavy atom. The van der Waals surface area contributed by atoms with Gasteiger partial charge in [-0.1, -0.05) is 0 Å². The van der Waals surface area contributed by atoms with Gasteiger partial charge in [-0.2, -0.15) is 0 Å². The molecule has 1 atom stereocenters. The molecule has 1 aliphatic rings. The van der Waals surface area contributed by atoms with E-state index in [4.69, 9.17) is 0 Å². The van der Waals surface area contributed by atoms with Gasteiger partial charge in [0.1, 0.15) is 0 Å². The molecule has 0 aliphatic carbocycles. The first kappa shape index (κ1) is 10.6. The summed E-state index contributed by atoms with van der Waals surface area (Å²) in [6.45, 7) is 1.48. The van der Waals surface area contributed by atoms with E-state index in [0.717, 1.165) is 24.4 Å². The van der Waals surface area contributed by atoms with Crippen molar-refractivity contribution in [2.75, 3.05) is 13.1 Å². The molecule has 82 valence electrons. The van der Waals surface area contributed by atoms with E-state index >= 15 is 0 Å². The molecule has 0 spiro atoms. The summed E-state index contributed by atoms with van der Waals surface area (Å²) in [5.74, 6) is -0.704. The van der Waals surface area contributed by atoms with Gasteiger partial charge in [-0.15, -0.1) is 11.3 Å². The molecule has 5 heteroatoms. The minimum absolute atomic E-state index is 0.549. The third-order valence-electron chi connectivity index (χ3n) is 2.90. The second-order valence-corrected chi connectivity index (χ2v) is 4.95. The number of carboxylic acid groups (broad SMARTS) is 1. The normalized spacial score (nSPS) is 26.4. The third-order valence-corrected chi connectivity index (χ3v) is 3.68. The van der Waals surface area contributed by atoms with Crippen molar-refractivity contribution in [3.63, 3.8) is 0 Å². The van der Waals surface area contributed by atoms with Gasteiger partial charge in [-0.25, -0.2) is 4.98 Å². The van der Waals surface area contributed by atoms with Crippen LogP contribution in [0.3, 0.4) is 0 Å². The van der Waals surface area contributed by atoms with Crippen LogP contribution in [-0.4, -0.2) is 29.1 Å². The summed E-state index contributed by atoms with van der Waals surface area (Å²) in [7, 11) is 0. The van der Waals surface area contributed by atoms with Crippen LogP contribution in [0.1, 0.15) is 17.8 Å². The van der Waals surface area contributed by atoms with Crippen LogP contribution in [0.2, 0.25) is 0 Å². The van der Waals surface area contributed by atoms with E-state index in [-0.39, 0.29) is 0 Å². The maximum atomic E-state index is 11.3. The number of nitrogens with zero attached hydrogens (tertiary/aromatic N) is 1. The summed E-state index contributed by atoms with van der Waals surface area (Å²) in [5.41, 5.74) is -0.643. The topological polar surface area (TPSA) is 62.2 Å². The predicted octanol–water partition coefficient (Wildman–Crippen LogP) is 1.14. The van der Waals surface area contributed by atoms with Crippen molar-refractivity contribution in [2.24, 2.45) is 5.41 Å². The number of nitrogens with one attached hydrogen (secondary N) is 1. The Bertz CT molecular complexity index is 331. The van der Waals surface area contributed by atoms with Crippen LogP contribution < -0.4 is 5.32 Å². The highest BCUT2D eigenvalue weighted by atomic mass is 32.1. The first-order chi connectivity index (χ1) is 7.23. The molecule has 4 nitrogen and oxygen atoms in total. The van der Waals surface area contributed by atoms with Crippen molar-refractivity contribution >= 4 is 17.3 Å². The number of piperidine rings is 1. The van der Waals surface area contributed by atoms with Crippen LogP contribution in [0, 0.1) is 5.41 Å². The van der Waals surface area contributed by atoms with E-state index in [1.165, 1.54) is 11.3 Å². The number of carbonyl (C=O) groups is 1. The summed E-state index contributed by atoms with van der Waals surface area (Å²) >= 11 is 1.53. The minimum atomic E-state index is -0.704. The van der Waals surface area contributed by atoms with Crippen LogP contribution in [0.25, 0.3) is 0 Å². The van der Waals surface area contributed by atoms with E-state index in [1.807, 2.05) is 5.38 Å². The molecule has 0 amide bonds. The number of carboxylic acids is 1. The molecule has 1 aliphatic heterocycles. The zero-order chi connectivity index (χ0) is 10.7. The minimum Gasteiger partial charge on any atom is -0.481 e. The summed E-state index contributed by atoms with van der Waals surface area (Å²) in [5, 5.41) is 15.3. The first-order valence-corrected chi connectivity index (χ1v) is 5.93. The zero-order valence-corrected chi connectivity index (χ0v) is 9.22. The molecule has 0 aromatic carbocycles. The number of hydrogen-bond acceptors (Lipinski definition) is 4. The zero-order valence-electron chi connectivity index (χ0n) is 8.40. The van der Waals surface area contributed by atoms with Gasteiger partial charge in [-0.05, 0) is 19.4 Å². The number of aliphatic carboxylic acids is 1. The molecular formula is C10H14N2O2S. The molecular weight excluding hydrogens is 212 g/mol. The maximum Gasteiger partial charge on any atom is 0.311 e. The smallest absolute Gasteiger partial charge is 0.311 e. The van der Waals surface area contributed by atoms with Gasteiger partial charge in [-0.3, -0.25) is 4.79 Å². The van der Waals surface area contributed by atoms with Crippen LogP contribution >= 0.6 is 11.3 Å². The van der Waals surface area contributed by atoms with Crippen molar-refractivity contribution in [3.05, 3.63) is 16.6 Å². The monoisotopic (exact) mass is 226 g/mol. The highest BCUT2D eigenvalue weighted by Gasteiger charge is 2.40. The Hall–Kier alpha value is -0.940. The van der Waals surface area contributed by atoms with E-state index in [1.54, 1.807) is 6.20 Å². The molecule has 2 N–H and O–H groups in total. The number of aromatic nitrogens is 1. The van der Waals surface area contributed by atoms with E-state index in [9.17, 15) is 9.90 Å². The summed E-state index contributed by atoms with van der Waals surface area (Å²) < 4.78 is 0. The van der Waals surface area contributed by atoms with Gasteiger partial charge in [0.25, 0.3) is 0 Å². The Morgan fingerprint density at radius 2 is 2.60 bits per heavy atom. The predicted molar refractivity (Wildman–Crippen MR) is 58.0 cm³/mol. The Morgan fingerprint density at radius 3 is 3.13 bits per heavy atom. The summed E-state index contributed by atoms with van der Waals surface area (Å²) in [6, 6.07) is 0. The van der Waals surface area contributed by atoms with E-state index in [0.29, 0.717) is 13.0 Å². The second kappa shape index (κ2) is 4.28. The molecule has 1 saturated heterocycles. The highest BCUT2D eigenvalue weighted by molar-refractivity contribution is 7.09. The van der Waals surface area contributed by atoms with Gasteiger partial charge in [0, 0.05) is 24.5 Å². The summed E-state index contributed by atoms with van der Waals surface area (Å²) in [6.07, 6.45) is 3.95. The lowest BCUT2D eigenvalue weighted by Crippen LogP contribution is -2.46. The fourth-order valence-corrected chi connectivity index (χ4v) is 2.77. The van der Waals surface area contributed by atoms with Crippen molar-refractivity contribution in [2.45, 2.75) is 19.3 Å². The van der Waals surface area contributed by atoms with Crippen LogP contribution in [0.4, 0.5) is 0 Å². The van der Waals surface area contributed by atoms with Gasteiger partial charge in [0.05, 0.1) is 10.4 Å². The summed E-state index contributed by atoms with van der Waals surface area (Å²) in [4.78, 5) is 15.5. The van der Waals surface area contributed by atoms with Crippen molar-refractivity contribution in [3.8, 4) is 0 Å². The highest BCUT2D eigenvalue weighted by Crippen LogP contribution is 2.31. The number of rotatable bonds is 3. The Balaban J connectivity index is 2.15. The number of hydrogen-bond donors (Lipinski definition) is 2.